The average Bonchev–Trinajstić information content (AvgIpc) is 3.99. The van der Waals surface area contributed by atoms with Gasteiger partial charge in [0.25, 0.3) is 23.3 Å². The van der Waals surface area contributed by atoms with Crippen LogP contribution in [0.3, 0.4) is 0 Å². The Morgan fingerprint density at radius 3 is 2.37 bits per heavy atom. The first-order valence-corrected chi connectivity index (χ1v) is 26.1. The molecule has 10 rings (SSSR count). The number of nitrogens with one attached hydrogen (secondary N) is 3. The predicted molar refractivity (Wildman–Crippen MR) is 283 cm³/mol. The molecule has 4 N–H and O–H groups in total. The predicted octanol–water partition coefficient (Wildman–Crippen LogP) is 3.74. The summed E-state index contributed by atoms with van der Waals surface area (Å²) in [5, 5.41) is 19.4. The number of pyridine rings is 3. The van der Waals surface area contributed by atoms with Crippen LogP contribution < -0.4 is 31.3 Å². The van der Waals surface area contributed by atoms with E-state index in [2.05, 4.69) is 56.1 Å². The monoisotopic (exact) mass is 1040 g/mol. The van der Waals surface area contributed by atoms with Gasteiger partial charge in [0, 0.05) is 100 Å². The molecule has 0 radical (unpaired) electrons. The van der Waals surface area contributed by atoms with E-state index in [0.717, 1.165) is 49.6 Å². The van der Waals surface area contributed by atoms with E-state index in [4.69, 9.17) is 19.2 Å². The van der Waals surface area contributed by atoms with Crippen LogP contribution in [0.5, 0.6) is 0 Å². The standard InChI is InChI=1S/C55H65N11O10/c1-34-31-62(19-21-75-23-25-76-24-22-74-20-14-56-41-7-5-6-39-48(41)54(73)66(51(39)70)43-9-11-47(68)60-50(43)69)15-16-63(34)37-8-10-46(58-30-37)59-42-26-36(32-61(4)52(42)71)38-12-13-57-49(40(38)33-67)65-18-17-64-44(53(65)72)27-35-28-55(2,3)29-45(35)64/h5-8,10,12-13,26-27,30,32,34,43,56,67H,9,11,14-25,28-29,31,33H2,1-4H3,(H,58,59)(H,60,68,69)/t34-,43?/m1/s1. The molecule has 5 aromatic rings. The van der Waals surface area contributed by atoms with Crippen molar-refractivity contribution in [1.29, 1.82) is 0 Å². The van der Waals surface area contributed by atoms with E-state index in [1.54, 1.807) is 54.7 Å². The molecular formula is C55H65N11O10. The van der Waals surface area contributed by atoms with E-state index in [0.29, 0.717) is 105 Å². The van der Waals surface area contributed by atoms with Gasteiger partial charge >= 0.3 is 0 Å². The van der Waals surface area contributed by atoms with Crippen LogP contribution in [0.2, 0.25) is 0 Å². The summed E-state index contributed by atoms with van der Waals surface area (Å²) in [5.74, 6) is -1.41. The molecule has 2 fully saturated rings. The first-order valence-electron chi connectivity index (χ1n) is 26.1. The molecule has 4 aromatic heterocycles. The zero-order valence-corrected chi connectivity index (χ0v) is 43.4. The average molecular weight is 1040 g/mol. The van der Waals surface area contributed by atoms with Crippen LogP contribution in [0.4, 0.5) is 28.7 Å². The van der Waals surface area contributed by atoms with Crippen molar-refractivity contribution in [2.24, 2.45) is 12.5 Å². The lowest BCUT2D eigenvalue weighted by molar-refractivity contribution is -0.136. The Kier molecular flexibility index (Phi) is 15.2. The maximum Gasteiger partial charge on any atom is 0.276 e. The number of imide groups is 2. The number of carbonyl (C=O) groups excluding carboxylic acids is 5. The Morgan fingerprint density at radius 1 is 0.829 bits per heavy atom. The molecule has 2 saturated heterocycles. The molecule has 0 bridgehead atoms. The van der Waals surface area contributed by atoms with E-state index in [1.807, 2.05) is 24.4 Å². The molecule has 1 unspecified atom stereocenters. The van der Waals surface area contributed by atoms with Crippen molar-refractivity contribution in [2.45, 2.75) is 71.7 Å². The van der Waals surface area contributed by atoms with Crippen LogP contribution in [0.1, 0.15) is 81.6 Å². The number of aliphatic hydroxyl groups is 1. The summed E-state index contributed by atoms with van der Waals surface area (Å²) < 4.78 is 20.9. The van der Waals surface area contributed by atoms with Crippen LogP contribution in [0.25, 0.3) is 11.1 Å². The number of aliphatic hydroxyl groups excluding tert-OH is 1. The van der Waals surface area contributed by atoms with Gasteiger partial charge < -0.3 is 44.0 Å². The van der Waals surface area contributed by atoms with Gasteiger partial charge in [-0.1, -0.05) is 19.9 Å². The van der Waals surface area contributed by atoms with Gasteiger partial charge in [0.2, 0.25) is 11.8 Å². The molecule has 8 heterocycles. The van der Waals surface area contributed by atoms with E-state index in [1.165, 1.54) is 15.8 Å². The molecule has 5 aliphatic rings. The van der Waals surface area contributed by atoms with E-state index in [-0.39, 0.29) is 53.5 Å². The molecule has 4 aliphatic heterocycles. The first kappa shape index (κ1) is 52.2. The van der Waals surface area contributed by atoms with Crippen LogP contribution in [-0.4, -0.2) is 155 Å². The van der Waals surface area contributed by atoms with Crippen molar-refractivity contribution < 1.29 is 43.3 Å². The highest BCUT2D eigenvalue weighted by Gasteiger charge is 2.46. The number of aryl methyl sites for hydroxylation is 1. The quantitative estimate of drug-likeness (QED) is 0.0642. The van der Waals surface area contributed by atoms with Crippen molar-refractivity contribution in [3.8, 4) is 11.1 Å². The summed E-state index contributed by atoms with van der Waals surface area (Å²) in [6.45, 7) is 13.6. The third-order valence-electron chi connectivity index (χ3n) is 14.9. The number of piperidine rings is 1. The van der Waals surface area contributed by atoms with Crippen molar-refractivity contribution in [1.82, 2.24) is 34.2 Å². The molecule has 1 aromatic carbocycles. The maximum atomic E-state index is 14.0. The van der Waals surface area contributed by atoms with Crippen LogP contribution >= 0.6 is 0 Å². The summed E-state index contributed by atoms with van der Waals surface area (Å²) >= 11 is 0. The van der Waals surface area contributed by atoms with Gasteiger partial charge in [0.1, 0.15) is 29.1 Å². The molecule has 2 atom stereocenters. The van der Waals surface area contributed by atoms with Crippen LogP contribution in [-0.2, 0) is 56.8 Å². The lowest BCUT2D eigenvalue weighted by Gasteiger charge is -2.41. The van der Waals surface area contributed by atoms with Crippen molar-refractivity contribution in [3.63, 3.8) is 0 Å². The van der Waals surface area contributed by atoms with Gasteiger partial charge in [0.05, 0.1) is 69.3 Å². The molecule has 0 saturated carbocycles. The summed E-state index contributed by atoms with van der Waals surface area (Å²) in [6, 6.07) is 13.6. The highest BCUT2D eigenvalue weighted by Crippen LogP contribution is 2.40. The molecule has 5 amide bonds. The zero-order chi connectivity index (χ0) is 53.3. The number of fused-ring (bicyclic) bond motifs is 4. The Bertz CT molecular complexity index is 3120. The van der Waals surface area contributed by atoms with Crippen molar-refractivity contribution >= 4 is 58.2 Å². The number of nitrogens with zero attached hydrogens (tertiary/aromatic N) is 8. The highest BCUT2D eigenvalue weighted by molar-refractivity contribution is 6.25. The van der Waals surface area contributed by atoms with Gasteiger partial charge in [-0.2, -0.15) is 0 Å². The Labute approximate surface area is 440 Å². The van der Waals surface area contributed by atoms with Gasteiger partial charge in [-0.15, -0.1) is 0 Å². The smallest absolute Gasteiger partial charge is 0.276 e. The second kappa shape index (κ2) is 22.1. The van der Waals surface area contributed by atoms with E-state index in [9.17, 15) is 33.9 Å². The van der Waals surface area contributed by atoms with Gasteiger partial charge in [-0.25, -0.2) is 9.97 Å². The number of hydrogen-bond acceptors (Lipinski definition) is 16. The first-order chi connectivity index (χ1) is 36.7. The lowest BCUT2D eigenvalue weighted by Crippen LogP contribution is -2.54. The number of carbonyl (C=O) groups is 5. The largest absolute Gasteiger partial charge is 0.392 e. The van der Waals surface area contributed by atoms with Gasteiger partial charge in [0.15, 0.2) is 0 Å². The number of amides is 5. The molecule has 0 spiro atoms. The fourth-order valence-electron chi connectivity index (χ4n) is 11.2. The molecule has 21 nitrogen and oxygen atoms in total. The van der Waals surface area contributed by atoms with Crippen LogP contribution in [0, 0.1) is 5.41 Å². The number of aromatic nitrogens is 4. The number of piperazine rings is 1. The summed E-state index contributed by atoms with van der Waals surface area (Å²) in [6.07, 6.45) is 7.21. The Hall–Kier alpha value is -7.30. The molecule has 76 heavy (non-hydrogen) atoms. The summed E-state index contributed by atoms with van der Waals surface area (Å²) in [4.78, 5) is 94.5. The summed E-state index contributed by atoms with van der Waals surface area (Å²) in [7, 11) is 1.68. The minimum atomic E-state index is -1.02. The number of hydrogen-bond donors (Lipinski definition) is 4. The molecule has 400 valence electrons. The Balaban J connectivity index is 0.635. The SMILES string of the molecule is C[C@@H]1CN(CCOCCOCCOCCNc2cccc3c2C(=O)N(C2CCC(=O)NC2=O)C3=O)CCN1c1ccc(Nc2cc(-c3ccnc(N4CCn5c(cc6c5CC(C)(C)C6)C4=O)c3CO)cn(C)c2=O)nc1. The third kappa shape index (κ3) is 10.6. The number of anilines is 5. The van der Waals surface area contributed by atoms with Crippen LogP contribution in [0.15, 0.2) is 71.9 Å². The van der Waals surface area contributed by atoms with Crippen molar-refractivity contribution in [2.75, 3.05) is 99.3 Å². The summed E-state index contributed by atoms with van der Waals surface area (Å²) in [5.41, 5.74) is 7.10. The van der Waals surface area contributed by atoms with E-state index < -0.39 is 29.7 Å². The maximum absolute atomic E-state index is 14.0. The molecule has 1 aliphatic carbocycles. The normalized spacial score (nSPS) is 19.3. The zero-order valence-electron chi connectivity index (χ0n) is 43.4. The minimum Gasteiger partial charge on any atom is -0.392 e. The Morgan fingerprint density at radius 2 is 1.62 bits per heavy atom. The second-order valence-corrected chi connectivity index (χ2v) is 20.8. The highest BCUT2D eigenvalue weighted by atomic mass is 16.5. The van der Waals surface area contributed by atoms with E-state index >= 15 is 0 Å². The molecule has 21 heteroatoms. The second-order valence-electron chi connectivity index (χ2n) is 20.8. The fraction of sp³-hybridized carbons (Fsp3) is 0.455. The van der Waals surface area contributed by atoms with Gasteiger partial charge in [-0.3, -0.25) is 48.8 Å². The number of ether oxygens (including phenoxy) is 3. The topological polar surface area (TPSA) is 235 Å². The molecular weight excluding hydrogens is 975 g/mol. The number of benzene rings is 1. The minimum absolute atomic E-state index is 0.0566. The third-order valence-corrected chi connectivity index (χ3v) is 14.9. The number of rotatable bonds is 20. The lowest BCUT2D eigenvalue weighted by atomic mass is 9.90. The fourth-order valence-corrected chi connectivity index (χ4v) is 11.2. The van der Waals surface area contributed by atoms with Crippen molar-refractivity contribution in [3.05, 3.63) is 111 Å². The van der Waals surface area contributed by atoms with Gasteiger partial charge in [-0.05, 0) is 85.2 Å².